The second-order valence-electron chi connectivity index (χ2n) is 6.09. The van der Waals surface area contributed by atoms with E-state index in [2.05, 4.69) is 20.7 Å². The molecule has 0 saturated carbocycles. The molecule has 146 valence electrons. The molecule has 2 amide bonds. The maximum atomic E-state index is 12.4. The van der Waals surface area contributed by atoms with Crippen molar-refractivity contribution in [1.82, 2.24) is 25.4 Å². The van der Waals surface area contributed by atoms with Gasteiger partial charge in [0.2, 0.25) is 0 Å². The highest BCUT2D eigenvalue weighted by atomic mass is 16.5. The fraction of sp³-hybridized carbons (Fsp3) is 0.250. The summed E-state index contributed by atoms with van der Waals surface area (Å²) in [5.41, 5.74) is 1.68. The smallest absolute Gasteiger partial charge is 0.315 e. The lowest BCUT2D eigenvalue weighted by Crippen LogP contribution is -2.37. The molecule has 0 aliphatic carbocycles. The van der Waals surface area contributed by atoms with Gasteiger partial charge in [0.25, 0.3) is 0 Å². The molecular weight excluding hydrogens is 358 g/mol. The molecule has 8 nitrogen and oxygen atoms in total. The van der Waals surface area contributed by atoms with Crippen molar-refractivity contribution in [2.45, 2.75) is 19.5 Å². The molecule has 3 rings (SSSR count). The van der Waals surface area contributed by atoms with Gasteiger partial charge in [-0.1, -0.05) is 6.07 Å². The zero-order valence-corrected chi connectivity index (χ0v) is 16.0. The summed E-state index contributed by atoms with van der Waals surface area (Å²) in [5.74, 6) is 2.06. The van der Waals surface area contributed by atoms with Crippen molar-refractivity contribution in [2.75, 3.05) is 14.2 Å². The summed E-state index contributed by atoms with van der Waals surface area (Å²) in [6.45, 7) is 2.20. The van der Waals surface area contributed by atoms with E-state index in [-0.39, 0.29) is 12.1 Å². The first-order chi connectivity index (χ1) is 13.6. The number of carbonyl (C=O) groups is 1. The normalized spacial score (nSPS) is 11.5. The molecule has 1 unspecified atom stereocenters. The van der Waals surface area contributed by atoms with Crippen LogP contribution in [0, 0.1) is 0 Å². The monoisotopic (exact) mass is 381 g/mol. The number of nitrogens with zero attached hydrogens (tertiary/aromatic N) is 3. The molecule has 2 heterocycles. The first kappa shape index (κ1) is 19.2. The Morgan fingerprint density at radius 1 is 1.18 bits per heavy atom. The molecule has 2 aromatic heterocycles. The van der Waals surface area contributed by atoms with Crippen LogP contribution in [0.5, 0.6) is 11.5 Å². The molecule has 0 aliphatic rings. The van der Waals surface area contributed by atoms with Crippen LogP contribution >= 0.6 is 0 Å². The summed E-state index contributed by atoms with van der Waals surface area (Å²) in [5, 5.41) is 9.98. The number of hydrogen-bond acceptors (Lipinski definition) is 5. The summed E-state index contributed by atoms with van der Waals surface area (Å²) in [6, 6.07) is 10.5. The molecule has 0 aliphatic heterocycles. The van der Waals surface area contributed by atoms with Crippen LogP contribution in [-0.2, 0) is 6.54 Å². The number of aromatic nitrogens is 3. The van der Waals surface area contributed by atoms with Gasteiger partial charge in [-0.25, -0.2) is 14.5 Å². The van der Waals surface area contributed by atoms with E-state index in [0.29, 0.717) is 23.9 Å². The molecule has 1 atom stereocenters. The Balaban J connectivity index is 1.66. The van der Waals surface area contributed by atoms with E-state index in [9.17, 15) is 4.79 Å². The molecule has 0 saturated heterocycles. The Morgan fingerprint density at radius 2 is 2.04 bits per heavy atom. The highest BCUT2D eigenvalue weighted by Gasteiger charge is 2.15. The second kappa shape index (κ2) is 8.90. The van der Waals surface area contributed by atoms with E-state index in [4.69, 9.17) is 9.47 Å². The molecule has 3 aromatic rings. The number of hydrogen-bond donors (Lipinski definition) is 2. The standard InChI is InChI=1S/C20H23N5O3/c1-14(17-12-16(27-2)7-8-18(17)28-3)24-20(26)22-13-15-6-4-9-21-19(15)25-11-5-10-23-25/h4-12,14H,13H2,1-3H3,(H2,22,24,26). The van der Waals surface area contributed by atoms with Crippen molar-refractivity contribution < 1.29 is 14.3 Å². The van der Waals surface area contributed by atoms with Gasteiger partial charge in [0, 0.05) is 36.3 Å². The van der Waals surface area contributed by atoms with Gasteiger partial charge in [-0.15, -0.1) is 0 Å². The number of nitrogens with one attached hydrogen (secondary N) is 2. The lowest BCUT2D eigenvalue weighted by Gasteiger charge is -2.19. The van der Waals surface area contributed by atoms with Gasteiger partial charge in [0.05, 0.1) is 20.3 Å². The molecule has 0 fully saturated rings. The van der Waals surface area contributed by atoms with Crippen LogP contribution in [-0.4, -0.2) is 35.0 Å². The summed E-state index contributed by atoms with van der Waals surface area (Å²) in [7, 11) is 3.19. The Morgan fingerprint density at radius 3 is 2.75 bits per heavy atom. The zero-order chi connectivity index (χ0) is 19.9. The highest BCUT2D eigenvalue weighted by Crippen LogP contribution is 2.29. The molecule has 0 bridgehead atoms. The number of methoxy groups -OCH3 is 2. The Labute approximate surface area is 163 Å². The number of rotatable bonds is 7. The van der Waals surface area contributed by atoms with E-state index in [1.54, 1.807) is 31.3 Å². The predicted molar refractivity (Wildman–Crippen MR) is 105 cm³/mol. The third-order valence-corrected chi connectivity index (χ3v) is 4.28. The quantitative estimate of drug-likeness (QED) is 0.657. The van der Waals surface area contributed by atoms with Gasteiger partial charge in [-0.05, 0) is 37.3 Å². The predicted octanol–water partition coefficient (Wildman–Crippen LogP) is 2.84. The van der Waals surface area contributed by atoms with E-state index >= 15 is 0 Å². The SMILES string of the molecule is COc1ccc(OC)c(C(C)NC(=O)NCc2cccnc2-n2cccn2)c1. The van der Waals surface area contributed by atoms with Gasteiger partial charge >= 0.3 is 6.03 Å². The summed E-state index contributed by atoms with van der Waals surface area (Å²) in [6.07, 6.45) is 5.18. The summed E-state index contributed by atoms with van der Waals surface area (Å²) < 4.78 is 12.3. The molecule has 2 N–H and O–H groups in total. The van der Waals surface area contributed by atoms with Crippen molar-refractivity contribution >= 4 is 6.03 Å². The van der Waals surface area contributed by atoms with E-state index < -0.39 is 0 Å². The van der Waals surface area contributed by atoms with Crippen molar-refractivity contribution in [3.63, 3.8) is 0 Å². The number of pyridine rings is 1. The second-order valence-corrected chi connectivity index (χ2v) is 6.09. The maximum Gasteiger partial charge on any atom is 0.315 e. The van der Waals surface area contributed by atoms with Crippen LogP contribution in [0.25, 0.3) is 5.82 Å². The van der Waals surface area contributed by atoms with Crippen molar-refractivity contribution in [1.29, 1.82) is 0 Å². The fourth-order valence-corrected chi connectivity index (χ4v) is 2.85. The largest absolute Gasteiger partial charge is 0.497 e. The van der Waals surface area contributed by atoms with Crippen LogP contribution in [0.15, 0.2) is 55.0 Å². The van der Waals surface area contributed by atoms with Crippen LogP contribution in [0.2, 0.25) is 0 Å². The van der Waals surface area contributed by atoms with Crippen molar-refractivity contribution in [3.8, 4) is 17.3 Å². The number of amides is 2. The van der Waals surface area contributed by atoms with E-state index in [1.807, 2.05) is 49.5 Å². The first-order valence-electron chi connectivity index (χ1n) is 8.82. The molecule has 0 radical (unpaired) electrons. The number of benzene rings is 1. The topological polar surface area (TPSA) is 90.3 Å². The molecule has 0 spiro atoms. The molecule has 8 heteroatoms. The van der Waals surface area contributed by atoms with Crippen LogP contribution in [0.4, 0.5) is 4.79 Å². The number of urea groups is 1. The molecule has 28 heavy (non-hydrogen) atoms. The maximum absolute atomic E-state index is 12.4. The third-order valence-electron chi connectivity index (χ3n) is 4.28. The highest BCUT2D eigenvalue weighted by molar-refractivity contribution is 5.74. The lowest BCUT2D eigenvalue weighted by molar-refractivity contribution is 0.237. The minimum absolute atomic E-state index is 0.274. The van der Waals surface area contributed by atoms with Gasteiger partial charge in [-0.3, -0.25) is 0 Å². The molecule has 1 aromatic carbocycles. The van der Waals surface area contributed by atoms with Gasteiger partial charge in [-0.2, -0.15) is 5.10 Å². The van der Waals surface area contributed by atoms with E-state index in [1.165, 1.54) is 0 Å². The Bertz CT molecular complexity index is 927. The Kier molecular flexibility index (Phi) is 6.11. The van der Waals surface area contributed by atoms with Crippen LogP contribution in [0.1, 0.15) is 24.1 Å². The first-order valence-corrected chi connectivity index (χ1v) is 8.82. The average molecular weight is 381 g/mol. The van der Waals surface area contributed by atoms with Crippen LogP contribution in [0.3, 0.4) is 0 Å². The van der Waals surface area contributed by atoms with E-state index in [0.717, 1.165) is 11.1 Å². The van der Waals surface area contributed by atoms with Gasteiger partial charge in [0.1, 0.15) is 11.5 Å². The molecular formula is C20H23N5O3. The van der Waals surface area contributed by atoms with Crippen molar-refractivity contribution in [2.24, 2.45) is 0 Å². The fourth-order valence-electron chi connectivity index (χ4n) is 2.85. The van der Waals surface area contributed by atoms with Crippen molar-refractivity contribution in [3.05, 3.63) is 66.1 Å². The average Bonchev–Trinajstić information content (AvgIpc) is 3.26. The Hall–Kier alpha value is -3.55. The van der Waals surface area contributed by atoms with Gasteiger partial charge in [0.15, 0.2) is 5.82 Å². The minimum Gasteiger partial charge on any atom is -0.497 e. The summed E-state index contributed by atoms with van der Waals surface area (Å²) in [4.78, 5) is 16.8. The number of carbonyl (C=O) groups excluding carboxylic acids is 1. The zero-order valence-electron chi connectivity index (χ0n) is 16.0. The lowest BCUT2D eigenvalue weighted by atomic mass is 10.1. The summed E-state index contributed by atoms with van der Waals surface area (Å²) >= 11 is 0. The van der Waals surface area contributed by atoms with Crippen LogP contribution < -0.4 is 20.1 Å². The minimum atomic E-state index is -0.298. The third kappa shape index (κ3) is 4.40. The number of ether oxygens (including phenoxy) is 2. The van der Waals surface area contributed by atoms with Gasteiger partial charge < -0.3 is 20.1 Å².